The maximum absolute atomic E-state index is 11.5. The molecular weight excluding hydrogens is 272 g/mol. The highest BCUT2D eigenvalue weighted by atomic mass is 16.6. The standard InChI is InChI=1S/C15H24N2O4/c1-4-15(2,3)21-14(20)16-10-6-5-7-11-17-12(18)8-9-13(17)19/h8-9H,4-7,10-11H2,1-3H3,(H,16,20). The first-order valence-corrected chi connectivity index (χ1v) is 7.36. The van der Waals surface area contributed by atoms with Crippen LogP contribution < -0.4 is 5.32 Å². The monoisotopic (exact) mass is 296 g/mol. The van der Waals surface area contributed by atoms with Crippen molar-refractivity contribution in [2.75, 3.05) is 13.1 Å². The molecule has 1 rings (SSSR count). The third-order valence-electron chi connectivity index (χ3n) is 3.45. The van der Waals surface area contributed by atoms with Gasteiger partial charge in [0, 0.05) is 25.2 Å². The lowest BCUT2D eigenvalue weighted by molar-refractivity contribution is -0.136. The number of unbranched alkanes of at least 4 members (excludes halogenated alkanes) is 2. The van der Waals surface area contributed by atoms with E-state index in [0.717, 1.165) is 25.7 Å². The second-order valence-electron chi connectivity index (χ2n) is 5.65. The van der Waals surface area contributed by atoms with Gasteiger partial charge in [0.15, 0.2) is 0 Å². The van der Waals surface area contributed by atoms with Crippen LogP contribution in [-0.4, -0.2) is 41.5 Å². The molecule has 0 aromatic carbocycles. The number of hydrogen-bond acceptors (Lipinski definition) is 4. The van der Waals surface area contributed by atoms with Gasteiger partial charge in [0.2, 0.25) is 0 Å². The van der Waals surface area contributed by atoms with Gasteiger partial charge in [0.25, 0.3) is 11.8 Å². The maximum atomic E-state index is 11.5. The summed E-state index contributed by atoms with van der Waals surface area (Å²) in [6, 6.07) is 0. The van der Waals surface area contributed by atoms with Gasteiger partial charge in [-0.25, -0.2) is 4.79 Å². The minimum absolute atomic E-state index is 0.247. The van der Waals surface area contributed by atoms with Crippen LogP contribution in [0.3, 0.4) is 0 Å². The number of rotatable bonds is 8. The Hall–Kier alpha value is -1.85. The maximum Gasteiger partial charge on any atom is 0.407 e. The second kappa shape index (κ2) is 7.81. The van der Waals surface area contributed by atoms with E-state index in [1.54, 1.807) is 0 Å². The van der Waals surface area contributed by atoms with Crippen molar-refractivity contribution in [3.05, 3.63) is 12.2 Å². The van der Waals surface area contributed by atoms with E-state index in [0.29, 0.717) is 13.1 Å². The fraction of sp³-hybridized carbons (Fsp3) is 0.667. The van der Waals surface area contributed by atoms with Gasteiger partial charge in [-0.2, -0.15) is 0 Å². The van der Waals surface area contributed by atoms with Crippen molar-refractivity contribution in [1.82, 2.24) is 10.2 Å². The number of nitrogens with zero attached hydrogens (tertiary/aromatic N) is 1. The van der Waals surface area contributed by atoms with Gasteiger partial charge >= 0.3 is 6.09 Å². The summed E-state index contributed by atoms with van der Waals surface area (Å²) in [5.74, 6) is -0.494. The van der Waals surface area contributed by atoms with Crippen LogP contribution in [0.1, 0.15) is 46.5 Å². The lowest BCUT2D eigenvalue weighted by atomic mass is 10.1. The van der Waals surface area contributed by atoms with Crippen molar-refractivity contribution in [2.45, 2.75) is 52.1 Å². The van der Waals surface area contributed by atoms with E-state index in [4.69, 9.17) is 4.74 Å². The van der Waals surface area contributed by atoms with E-state index in [9.17, 15) is 14.4 Å². The highest BCUT2D eigenvalue weighted by Gasteiger charge is 2.22. The van der Waals surface area contributed by atoms with Crippen molar-refractivity contribution in [1.29, 1.82) is 0 Å². The third-order valence-corrected chi connectivity index (χ3v) is 3.45. The summed E-state index contributed by atoms with van der Waals surface area (Å²) in [5, 5.41) is 2.70. The van der Waals surface area contributed by atoms with Gasteiger partial charge in [-0.3, -0.25) is 14.5 Å². The minimum Gasteiger partial charge on any atom is -0.444 e. The molecule has 0 aliphatic carbocycles. The van der Waals surface area contributed by atoms with Crippen LogP contribution in [0.15, 0.2) is 12.2 Å². The fourth-order valence-electron chi connectivity index (χ4n) is 1.77. The summed E-state index contributed by atoms with van der Waals surface area (Å²) >= 11 is 0. The van der Waals surface area contributed by atoms with Crippen molar-refractivity contribution in [2.24, 2.45) is 0 Å². The molecule has 0 spiro atoms. The largest absolute Gasteiger partial charge is 0.444 e. The number of nitrogens with one attached hydrogen (secondary N) is 1. The lowest BCUT2D eigenvalue weighted by Gasteiger charge is -2.23. The molecule has 0 saturated carbocycles. The van der Waals surface area contributed by atoms with E-state index in [2.05, 4.69) is 5.32 Å². The zero-order chi connectivity index (χ0) is 15.9. The molecule has 1 N–H and O–H groups in total. The Morgan fingerprint density at radius 1 is 1.19 bits per heavy atom. The Morgan fingerprint density at radius 3 is 2.38 bits per heavy atom. The van der Waals surface area contributed by atoms with Crippen LogP contribution in [0.5, 0.6) is 0 Å². The SMILES string of the molecule is CCC(C)(C)OC(=O)NCCCCCN1C(=O)C=CC1=O. The summed E-state index contributed by atoms with van der Waals surface area (Å²) in [6.45, 7) is 6.65. The number of ether oxygens (including phenoxy) is 1. The lowest BCUT2D eigenvalue weighted by Crippen LogP contribution is -2.34. The van der Waals surface area contributed by atoms with Gasteiger partial charge in [-0.15, -0.1) is 0 Å². The molecule has 3 amide bonds. The quantitative estimate of drug-likeness (QED) is 0.549. The number of imide groups is 1. The Morgan fingerprint density at radius 2 is 1.81 bits per heavy atom. The molecule has 21 heavy (non-hydrogen) atoms. The molecule has 0 unspecified atom stereocenters. The van der Waals surface area contributed by atoms with Gasteiger partial charge in [-0.1, -0.05) is 6.92 Å². The molecule has 6 heteroatoms. The number of amides is 3. The average Bonchev–Trinajstić information content (AvgIpc) is 2.73. The molecule has 6 nitrogen and oxygen atoms in total. The van der Waals surface area contributed by atoms with Crippen LogP contribution in [0.4, 0.5) is 4.79 Å². The molecule has 0 aromatic heterocycles. The third kappa shape index (κ3) is 5.97. The molecular formula is C15H24N2O4. The zero-order valence-corrected chi connectivity index (χ0v) is 13.0. The molecule has 1 aliphatic heterocycles. The molecule has 0 atom stereocenters. The summed E-state index contributed by atoms with van der Waals surface area (Å²) < 4.78 is 5.25. The highest BCUT2D eigenvalue weighted by Crippen LogP contribution is 2.13. The van der Waals surface area contributed by atoms with E-state index in [1.807, 2.05) is 20.8 Å². The molecule has 1 aliphatic rings. The Balaban J connectivity index is 2.06. The van der Waals surface area contributed by atoms with Crippen molar-refractivity contribution < 1.29 is 19.1 Å². The molecule has 0 radical (unpaired) electrons. The fourth-order valence-corrected chi connectivity index (χ4v) is 1.77. The van der Waals surface area contributed by atoms with Crippen LogP contribution in [0.2, 0.25) is 0 Å². The first-order chi connectivity index (χ1) is 9.85. The Bertz CT molecular complexity index is 411. The molecule has 0 aromatic rings. The number of carbonyl (C=O) groups is 3. The van der Waals surface area contributed by atoms with Crippen molar-refractivity contribution in [3.8, 4) is 0 Å². The summed E-state index contributed by atoms with van der Waals surface area (Å²) in [4.78, 5) is 35.3. The van der Waals surface area contributed by atoms with Crippen molar-refractivity contribution >= 4 is 17.9 Å². The number of hydrogen-bond donors (Lipinski definition) is 1. The Kier molecular flexibility index (Phi) is 6.39. The van der Waals surface area contributed by atoms with Crippen LogP contribution in [-0.2, 0) is 14.3 Å². The van der Waals surface area contributed by atoms with Crippen LogP contribution in [0, 0.1) is 0 Å². The molecule has 1 heterocycles. The van der Waals surface area contributed by atoms with Gasteiger partial charge in [0.1, 0.15) is 5.60 Å². The normalized spacial score (nSPS) is 14.7. The predicted molar refractivity (Wildman–Crippen MR) is 78.6 cm³/mol. The smallest absolute Gasteiger partial charge is 0.407 e. The van der Waals surface area contributed by atoms with Crippen LogP contribution >= 0.6 is 0 Å². The number of alkyl carbamates (subject to hydrolysis) is 1. The minimum atomic E-state index is -0.451. The Labute approximate surface area is 125 Å². The zero-order valence-electron chi connectivity index (χ0n) is 13.0. The van der Waals surface area contributed by atoms with E-state index >= 15 is 0 Å². The second-order valence-corrected chi connectivity index (χ2v) is 5.65. The highest BCUT2D eigenvalue weighted by molar-refractivity contribution is 6.12. The van der Waals surface area contributed by atoms with Crippen molar-refractivity contribution in [3.63, 3.8) is 0 Å². The number of carbonyl (C=O) groups excluding carboxylic acids is 3. The molecule has 118 valence electrons. The van der Waals surface area contributed by atoms with E-state index < -0.39 is 11.7 Å². The average molecular weight is 296 g/mol. The molecule has 0 fully saturated rings. The molecule has 0 bridgehead atoms. The molecule has 0 saturated heterocycles. The first kappa shape index (κ1) is 17.2. The van der Waals surface area contributed by atoms with Gasteiger partial charge in [0.05, 0.1) is 0 Å². The van der Waals surface area contributed by atoms with E-state index in [1.165, 1.54) is 17.1 Å². The summed E-state index contributed by atoms with van der Waals surface area (Å²) in [7, 11) is 0. The van der Waals surface area contributed by atoms with Gasteiger partial charge < -0.3 is 10.1 Å². The summed E-state index contributed by atoms with van der Waals surface area (Å²) in [6.07, 6.45) is 5.27. The predicted octanol–water partition coefficient (Wildman–Crippen LogP) is 2.00. The van der Waals surface area contributed by atoms with Gasteiger partial charge in [-0.05, 0) is 39.5 Å². The van der Waals surface area contributed by atoms with E-state index in [-0.39, 0.29) is 11.8 Å². The summed E-state index contributed by atoms with van der Waals surface area (Å²) in [5.41, 5.74) is -0.451. The van der Waals surface area contributed by atoms with Crippen LogP contribution in [0.25, 0.3) is 0 Å². The first-order valence-electron chi connectivity index (χ1n) is 7.36. The topological polar surface area (TPSA) is 75.7 Å².